The average Bonchev–Trinajstić information content (AvgIpc) is 3.19. The minimum absolute atomic E-state index is 0.0657. The highest BCUT2D eigenvalue weighted by molar-refractivity contribution is 8.26. The van der Waals surface area contributed by atoms with Gasteiger partial charge in [-0.3, -0.25) is 9.69 Å². The minimum atomic E-state index is -0.101. The average molecular weight is 369 g/mol. The van der Waals surface area contributed by atoms with E-state index in [1.165, 1.54) is 11.8 Å². The number of thioether (sulfide) groups is 1. The Morgan fingerprint density at radius 2 is 1.92 bits per heavy atom. The van der Waals surface area contributed by atoms with Crippen molar-refractivity contribution in [2.24, 2.45) is 0 Å². The number of rotatable bonds is 3. The molecule has 2 heterocycles. The molecule has 2 aliphatic rings. The van der Waals surface area contributed by atoms with E-state index in [2.05, 4.69) is 0 Å². The zero-order chi connectivity index (χ0) is 17.4. The van der Waals surface area contributed by atoms with Crippen LogP contribution in [0, 0.1) is 0 Å². The van der Waals surface area contributed by atoms with Crippen LogP contribution in [0.3, 0.4) is 0 Å². The molecule has 6 heteroatoms. The molecular formula is C19H15NO3S2. The van der Waals surface area contributed by atoms with Crippen molar-refractivity contribution in [3.05, 3.63) is 64.6 Å². The first kappa shape index (κ1) is 16.2. The molecule has 1 amide bonds. The summed E-state index contributed by atoms with van der Waals surface area (Å²) in [5.74, 6) is 1.35. The number of thiocarbonyl (C=S) groups is 1. The van der Waals surface area contributed by atoms with Crippen molar-refractivity contribution in [2.75, 3.05) is 6.79 Å². The van der Waals surface area contributed by atoms with Gasteiger partial charge in [0, 0.05) is 0 Å². The number of ether oxygens (including phenoxy) is 2. The first-order valence-electron chi connectivity index (χ1n) is 7.85. The van der Waals surface area contributed by atoms with Crippen molar-refractivity contribution in [3.63, 3.8) is 0 Å². The zero-order valence-electron chi connectivity index (χ0n) is 13.5. The van der Waals surface area contributed by atoms with Crippen molar-refractivity contribution in [1.82, 2.24) is 4.90 Å². The molecular weight excluding hydrogens is 354 g/mol. The van der Waals surface area contributed by atoms with Crippen LogP contribution in [0.25, 0.3) is 6.08 Å². The van der Waals surface area contributed by atoms with E-state index in [1.54, 1.807) is 4.90 Å². The lowest BCUT2D eigenvalue weighted by Gasteiger charge is -2.23. The van der Waals surface area contributed by atoms with Crippen LogP contribution in [0.4, 0.5) is 0 Å². The molecule has 0 aromatic heterocycles. The third-order valence-corrected chi connectivity index (χ3v) is 5.52. The van der Waals surface area contributed by atoms with Gasteiger partial charge in [0.15, 0.2) is 11.5 Å². The first-order valence-corrected chi connectivity index (χ1v) is 9.07. The number of fused-ring (bicyclic) bond motifs is 1. The van der Waals surface area contributed by atoms with Crippen molar-refractivity contribution in [2.45, 2.75) is 13.0 Å². The Bertz CT molecular complexity index is 879. The number of carbonyl (C=O) groups is 1. The molecule has 2 aromatic rings. The molecule has 0 spiro atoms. The number of hydrogen-bond acceptors (Lipinski definition) is 5. The van der Waals surface area contributed by atoms with E-state index in [0.717, 1.165) is 16.9 Å². The van der Waals surface area contributed by atoms with Gasteiger partial charge in [-0.1, -0.05) is 60.4 Å². The second kappa shape index (κ2) is 6.54. The summed E-state index contributed by atoms with van der Waals surface area (Å²) in [5.41, 5.74) is 1.94. The van der Waals surface area contributed by atoms with E-state index in [-0.39, 0.29) is 18.7 Å². The summed E-state index contributed by atoms with van der Waals surface area (Å²) >= 11 is 6.78. The van der Waals surface area contributed by atoms with Crippen molar-refractivity contribution in [1.29, 1.82) is 0 Å². The van der Waals surface area contributed by atoms with Crippen LogP contribution in [0.1, 0.15) is 24.1 Å². The monoisotopic (exact) mass is 369 g/mol. The molecule has 1 saturated heterocycles. The molecule has 0 bridgehead atoms. The lowest BCUT2D eigenvalue weighted by atomic mass is 10.1. The number of nitrogens with zero attached hydrogens (tertiary/aromatic N) is 1. The topological polar surface area (TPSA) is 38.8 Å². The first-order chi connectivity index (χ1) is 12.1. The fraction of sp³-hybridized carbons (Fsp3) is 0.158. The second-order valence-electron chi connectivity index (χ2n) is 5.75. The van der Waals surface area contributed by atoms with Gasteiger partial charge in [0.2, 0.25) is 6.79 Å². The van der Waals surface area contributed by atoms with Gasteiger partial charge in [-0.25, -0.2) is 0 Å². The molecule has 0 saturated carbocycles. The van der Waals surface area contributed by atoms with Gasteiger partial charge in [0.25, 0.3) is 5.91 Å². The molecule has 1 fully saturated rings. The van der Waals surface area contributed by atoms with Gasteiger partial charge in [0.05, 0.1) is 10.9 Å². The largest absolute Gasteiger partial charge is 0.454 e. The number of carbonyl (C=O) groups excluding carboxylic acids is 1. The Hall–Kier alpha value is -2.31. The van der Waals surface area contributed by atoms with Crippen LogP contribution < -0.4 is 9.47 Å². The summed E-state index contributed by atoms with van der Waals surface area (Å²) < 4.78 is 11.3. The predicted octanol–water partition coefficient (Wildman–Crippen LogP) is 4.38. The SMILES string of the molecule is CC(c1ccccc1)N1C(=O)/C(=C/c2ccc3c(c2)OCO3)SC1=S. The van der Waals surface area contributed by atoms with Gasteiger partial charge in [-0.05, 0) is 36.3 Å². The molecule has 1 unspecified atom stereocenters. The standard InChI is InChI=1S/C19H15NO3S2/c1-12(14-5-3-2-4-6-14)20-18(21)17(25-19(20)24)10-13-7-8-15-16(9-13)23-11-22-15/h2-10,12H,11H2,1H3/b17-10-. The van der Waals surface area contributed by atoms with Gasteiger partial charge in [-0.15, -0.1) is 0 Å². The molecule has 4 rings (SSSR count). The Morgan fingerprint density at radius 3 is 2.72 bits per heavy atom. The van der Waals surface area contributed by atoms with Crippen LogP contribution in [-0.4, -0.2) is 21.9 Å². The van der Waals surface area contributed by atoms with E-state index < -0.39 is 0 Å². The highest BCUT2D eigenvalue weighted by atomic mass is 32.2. The van der Waals surface area contributed by atoms with E-state index in [0.29, 0.717) is 15.0 Å². The summed E-state index contributed by atoms with van der Waals surface area (Å²) in [5, 5.41) is 0. The lowest BCUT2D eigenvalue weighted by Crippen LogP contribution is -2.30. The number of benzene rings is 2. The Kier molecular flexibility index (Phi) is 4.23. The highest BCUT2D eigenvalue weighted by Crippen LogP contribution is 2.39. The molecule has 0 radical (unpaired) electrons. The molecule has 0 N–H and O–H groups in total. The minimum Gasteiger partial charge on any atom is -0.454 e. The second-order valence-corrected chi connectivity index (χ2v) is 7.43. The van der Waals surface area contributed by atoms with Crippen LogP contribution >= 0.6 is 24.0 Å². The molecule has 2 aliphatic heterocycles. The molecule has 2 aromatic carbocycles. The summed E-state index contributed by atoms with van der Waals surface area (Å²) in [7, 11) is 0. The third-order valence-electron chi connectivity index (χ3n) is 4.19. The highest BCUT2D eigenvalue weighted by Gasteiger charge is 2.35. The number of hydrogen-bond donors (Lipinski definition) is 0. The maximum Gasteiger partial charge on any atom is 0.266 e. The van der Waals surface area contributed by atoms with E-state index in [4.69, 9.17) is 21.7 Å². The summed E-state index contributed by atoms with van der Waals surface area (Å²) in [6.07, 6.45) is 1.85. The fourth-order valence-corrected chi connectivity index (χ4v) is 4.27. The van der Waals surface area contributed by atoms with Crippen LogP contribution in [0.2, 0.25) is 0 Å². The van der Waals surface area contributed by atoms with Crippen molar-refractivity contribution >= 4 is 40.3 Å². The summed E-state index contributed by atoms with van der Waals surface area (Å²) in [4.78, 5) is 15.2. The fourth-order valence-electron chi connectivity index (χ4n) is 2.85. The number of amides is 1. The lowest BCUT2D eigenvalue weighted by molar-refractivity contribution is -0.123. The summed E-state index contributed by atoms with van der Waals surface area (Å²) in [6.45, 7) is 2.22. The molecule has 25 heavy (non-hydrogen) atoms. The zero-order valence-corrected chi connectivity index (χ0v) is 15.1. The normalized spacial score (nSPS) is 18.9. The van der Waals surface area contributed by atoms with Crippen LogP contribution in [-0.2, 0) is 4.79 Å². The predicted molar refractivity (Wildman–Crippen MR) is 102 cm³/mol. The Labute approximate surface area is 155 Å². The van der Waals surface area contributed by atoms with Crippen molar-refractivity contribution in [3.8, 4) is 11.5 Å². The molecule has 126 valence electrons. The molecule has 0 aliphatic carbocycles. The quantitative estimate of drug-likeness (QED) is 0.593. The Morgan fingerprint density at radius 1 is 1.16 bits per heavy atom. The maximum atomic E-state index is 12.9. The van der Waals surface area contributed by atoms with Gasteiger partial charge < -0.3 is 9.47 Å². The van der Waals surface area contributed by atoms with Gasteiger partial charge >= 0.3 is 0 Å². The van der Waals surface area contributed by atoms with Gasteiger partial charge in [-0.2, -0.15) is 0 Å². The van der Waals surface area contributed by atoms with Crippen LogP contribution in [0.15, 0.2) is 53.4 Å². The maximum absolute atomic E-state index is 12.9. The van der Waals surface area contributed by atoms with E-state index in [9.17, 15) is 4.79 Å². The Balaban J connectivity index is 1.61. The smallest absolute Gasteiger partial charge is 0.266 e. The summed E-state index contributed by atoms with van der Waals surface area (Å²) in [6, 6.07) is 15.4. The van der Waals surface area contributed by atoms with Gasteiger partial charge in [0.1, 0.15) is 4.32 Å². The molecule has 1 atom stereocenters. The van der Waals surface area contributed by atoms with Crippen molar-refractivity contribution < 1.29 is 14.3 Å². The third kappa shape index (κ3) is 3.03. The van der Waals surface area contributed by atoms with E-state index in [1.807, 2.05) is 61.5 Å². The van der Waals surface area contributed by atoms with Crippen LogP contribution in [0.5, 0.6) is 11.5 Å². The molecule has 4 nitrogen and oxygen atoms in total. The van der Waals surface area contributed by atoms with E-state index >= 15 is 0 Å².